The van der Waals surface area contributed by atoms with Gasteiger partial charge in [0.25, 0.3) is 5.56 Å². The molecule has 30 heavy (non-hydrogen) atoms. The Bertz CT molecular complexity index is 1280. The summed E-state index contributed by atoms with van der Waals surface area (Å²) in [5, 5.41) is 7.83. The van der Waals surface area contributed by atoms with Crippen molar-refractivity contribution in [2.24, 2.45) is 0 Å². The van der Waals surface area contributed by atoms with Crippen LogP contribution in [-0.4, -0.2) is 46.9 Å². The second-order valence-electron chi connectivity index (χ2n) is 7.72. The van der Waals surface area contributed by atoms with Gasteiger partial charge in [0.2, 0.25) is 0 Å². The number of fused-ring (bicyclic) bond motifs is 2. The molecule has 1 aliphatic rings. The van der Waals surface area contributed by atoms with Crippen LogP contribution in [0.1, 0.15) is 6.42 Å². The van der Waals surface area contributed by atoms with Crippen molar-refractivity contribution in [1.29, 1.82) is 0 Å². The Morgan fingerprint density at radius 3 is 3.03 bits per heavy atom. The molecule has 0 radical (unpaired) electrons. The maximum atomic E-state index is 12.8. The van der Waals surface area contributed by atoms with E-state index in [1.165, 1.54) is 0 Å². The highest BCUT2D eigenvalue weighted by Crippen LogP contribution is 2.27. The van der Waals surface area contributed by atoms with Gasteiger partial charge in [-0.1, -0.05) is 18.2 Å². The Kier molecular flexibility index (Phi) is 4.65. The van der Waals surface area contributed by atoms with E-state index in [0.29, 0.717) is 30.1 Å². The molecule has 0 saturated carbocycles. The third kappa shape index (κ3) is 3.20. The first-order valence-electron chi connectivity index (χ1n) is 10.0. The molecule has 5 N–H and O–H groups in total. The van der Waals surface area contributed by atoms with Crippen LogP contribution in [0.5, 0.6) is 0 Å². The standard InChI is InChI=1S/C22H24N6O2/c1-30-11-15-8-14(10-24-15)26-13-6-7-19-18(9-13)25-12-28(19)21-20(23)16-4-2-3-5-17(16)27-22(21)29/h2-7,9,12,14-15,24,26H,8,10-11H2,1H3,(H3,23,27,29)/t14?,15-/m1/s1. The van der Waals surface area contributed by atoms with Gasteiger partial charge in [-0.3, -0.25) is 9.36 Å². The summed E-state index contributed by atoms with van der Waals surface area (Å²) in [5.74, 6) is 0. The van der Waals surface area contributed by atoms with Crippen molar-refractivity contribution in [3.63, 3.8) is 0 Å². The van der Waals surface area contributed by atoms with Crippen molar-refractivity contribution >= 4 is 33.3 Å². The summed E-state index contributed by atoms with van der Waals surface area (Å²) in [5.41, 5.74) is 10.3. The number of aromatic amines is 1. The lowest BCUT2D eigenvalue weighted by Gasteiger charge is -2.14. The maximum absolute atomic E-state index is 12.8. The van der Waals surface area contributed by atoms with Crippen LogP contribution in [0.3, 0.4) is 0 Å². The molecule has 2 atom stereocenters. The van der Waals surface area contributed by atoms with E-state index >= 15 is 0 Å². The third-order valence-electron chi connectivity index (χ3n) is 5.68. The minimum Gasteiger partial charge on any atom is -0.396 e. The molecule has 4 aromatic rings. The molecule has 0 spiro atoms. The Morgan fingerprint density at radius 1 is 1.30 bits per heavy atom. The Labute approximate surface area is 173 Å². The lowest BCUT2D eigenvalue weighted by atomic mass is 10.1. The van der Waals surface area contributed by atoms with Crippen LogP contribution < -0.4 is 21.9 Å². The van der Waals surface area contributed by atoms with Gasteiger partial charge in [0, 0.05) is 36.8 Å². The van der Waals surface area contributed by atoms with Gasteiger partial charge in [0.1, 0.15) is 12.0 Å². The van der Waals surface area contributed by atoms with Crippen molar-refractivity contribution in [3.05, 3.63) is 59.1 Å². The Hall–Kier alpha value is -3.36. The molecule has 154 valence electrons. The van der Waals surface area contributed by atoms with Crippen LogP contribution in [0.2, 0.25) is 0 Å². The van der Waals surface area contributed by atoms with Gasteiger partial charge in [0.05, 0.1) is 28.8 Å². The predicted molar refractivity (Wildman–Crippen MR) is 119 cm³/mol. The molecule has 2 aromatic carbocycles. The van der Waals surface area contributed by atoms with Crippen LogP contribution in [0.25, 0.3) is 27.6 Å². The summed E-state index contributed by atoms with van der Waals surface area (Å²) in [6, 6.07) is 14.2. The topological polar surface area (TPSA) is 110 Å². The summed E-state index contributed by atoms with van der Waals surface area (Å²) in [7, 11) is 1.72. The first-order valence-corrected chi connectivity index (χ1v) is 10.0. The fourth-order valence-corrected chi connectivity index (χ4v) is 4.27. The molecule has 1 aliphatic heterocycles. The largest absolute Gasteiger partial charge is 0.396 e. The number of hydrogen-bond donors (Lipinski definition) is 4. The van der Waals surface area contributed by atoms with Crippen LogP contribution in [-0.2, 0) is 4.74 Å². The van der Waals surface area contributed by atoms with Gasteiger partial charge in [-0.2, -0.15) is 0 Å². The lowest BCUT2D eigenvalue weighted by molar-refractivity contribution is 0.173. The maximum Gasteiger partial charge on any atom is 0.274 e. The minimum absolute atomic E-state index is 0.242. The van der Waals surface area contributed by atoms with E-state index in [4.69, 9.17) is 10.5 Å². The zero-order chi connectivity index (χ0) is 20.7. The number of nitrogens with one attached hydrogen (secondary N) is 3. The summed E-state index contributed by atoms with van der Waals surface area (Å²) in [6.45, 7) is 1.60. The van der Waals surface area contributed by atoms with Crippen LogP contribution in [0.4, 0.5) is 11.4 Å². The van der Waals surface area contributed by atoms with Gasteiger partial charge in [-0.05, 0) is 30.7 Å². The van der Waals surface area contributed by atoms with E-state index in [2.05, 4.69) is 20.6 Å². The highest BCUT2D eigenvalue weighted by Gasteiger charge is 2.24. The summed E-state index contributed by atoms with van der Waals surface area (Å²) in [6.07, 6.45) is 2.65. The van der Waals surface area contributed by atoms with Crippen molar-refractivity contribution in [2.45, 2.75) is 18.5 Å². The smallest absolute Gasteiger partial charge is 0.274 e. The first kappa shape index (κ1) is 18.7. The van der Waals surface area contributed by atoms with Gasteiger partial charge < -0.3 is 26.1 Å². The summed E-state index contributed by atoms with van der Waals surface area (Å²) in [4.78, 5) is 20.2. The zero-order valence-corrected chi connectivity index (χ0v) is 16.7. The number of aromatic nitrogens is 3. The number of ether oxygens (including phenoxy) is 1. The van der Waals surface area contributed by atoms with E-state index in [-0.39, 0.29) is 5.56 Å². The second-order valence-corrected chi connectivity index (χ2v) is 7.72. The molecule has 5 rings (SSSR count). The van der Waals surface area contributed by atoms with E-state index in [9.17, 15) is 4.79 Å². The quantitative estimate of drug-likeness (QED) is 0.406. The van der Waals surface area contributed by atoms with Crippen molar-refractivity contribution < 1.29 is 4.74 Å². The average Bonchev–Trinajstić information content (AvgIpc) is 3.35. The lowest BCUT2D eigenvalue weighted by Crippen LogP contribution is -2.26. The van der Waals surface area contributed by atoms with Crippen molar-refractivity contribution in [3.8, 4) is 5.69 Å². The fourth-order valence-electron chi connectivity index (χ4n) is 4.27. The van der Waals surface area contributed by atoms with Gasteiger partial charge in [-0.25, -0.2) is 4.98 Å². The van der Waals surface area contributed by atoms with Crippen molar-refractivity contribution in [2.75, 3.05) is 31.3 Å². The van der Waals surface area contributed by atoms with Gasteiger partial charge in [-0.15, -0.1) is 0 Å². The van der Waals surface area contributed by atoms with E-state index in [0.717, 1.165) is 40.6 Å². The monoisotopic (exact) mass is 404 g/mol. The molecule has 1 fully saturated rings. The minimum atomic E-state index is -0.242. The highest BCUT2D eigenvalue weighted by atomic mass is 16.5. The number of anilines is 2. The summed E-state index contributed by atoms with van der Waals surface area (Å²) >= 11 is 0. The number of pyridine rings is 1. The number of rotatable bonds is 5. The molecule has 2 aromatic heterocycles. The fraction of sp³-hybridized carbons (Fsp3) is 0.273. The number of benzene rings is 2. The SMILES string of the molecule is COC[C@H]1CC(Nc2ccc3c(c2)ncn3-c2c(N)c3ccccc3[nH]c2=O)CN1. The molecule has 0 amide bonds. The number of nitrogens with zero attached hydrogens (tertiary/aromatic N) is 2. The molecular weight excluding hydrogens is 380 g/mol. The Morgan fingerprint density at radius 2 is 2.17 bits per heavy atom. The van der Waals surface area contributed by atoms with Gasteiger partial charge in [0.15, 0.2) is 0 Å². The van der Waals surface area contributed by atoms with Crippen LogP contribution in [0, 0.1) is 0 Å². The molecule has 0 aliphatic carbocycles. The highest BCUT2D eigenvalue weighted by molar-refractivity contribution is 5.95. The number of hydrogen-bond acceptors (Lipinski definition) is 6. The third-order valence-corrected chi connectivity index (χ3v) is 5.68. The summed E-state index contributed by atoms with van der Waals surface area (Å²) < 4.78 is 6.99. The van der Waals surface area contributed by atoms with Crippen molar-refractivity contribution in [1.82, 2.24) is 19.9 Å². The number of imidazole rings is 1. The Balaban J connectivity index is 1.48. The number of para-hydroxylation sites is 1. The molecule has 0 bridgehead atoms. The number of nitrogens with two attached hydrogens (primary N) is 1. The van der Waals surface area contributed by atoms with Crippen LogP contribution in [0.15, 0.2) is 53.6 Å². The molecular formula is C22H24N6O2. The van der Waals surface area contributed by atoms with E-state index in [1.54, 1.807) is 18.0 Å². The number of methoxy groups -OCH3 is 1. The molecule has 8 nitrogen and oxygen atoms in total. The van der Waals surface area contributed by atoms with E-state index in [1.807, 2.05) is 42.5 Å². The van der Waals surface area contributed by atoms with Gasteiger partial charge >= 0.3 is 0 Å². The first-order chi connectivity index (χ1) is 14.6. The normalized spacial score (nSPS) is 19.0. The molecule has 8 heteroatoms. The molecule has 1 saturated heterocycles. The molecule has 1 unspecified atom stereocenters. The average molecular weight is 404 g/mol. The number of nitrogen functional groups attached to an aromatic ring is 1. The second kappa shape index (κ2) is 7.47. The molecule has 3 heterocycles. The zero-order valence-electron chi connectivity index (χ0n) is 16.7. The predicted octanol–water partition coefficient (Wildman–Crippen LogP) is 2.24. The van der Waals surface area contributed by atoms with E-state index < -0.39 is 0 Å². The van der Waals surface area contributed by atoms with Crippen LogP contribution >= 0.6 is 0 Å². The number of H-pyrrole nitrogens is 1.